The van der Waals surface area contributed by atoms with Gasteiger partial charge in [-0.15, -0.1) is 0 Å². The van der Waals surface area contributed by atoms with Gasteiger partial charge in [-0.3, -0.25) is 9.97 Å². The van der Waals surface area contributed by atoms with Crippen molar-refractivity contribution in [3.8, 4) is 0 Å². The predicted octanol–water partition coefficient (Wildman–Crippen LogP) is 2.55. The predicted molar refractivity (Wildman–Crippen MR) is 64.6 cm³/mol. The van der Waals surface area contributed by atoms with Crippen molar-refractivity contribution in [2.75, 3.05) is 0 Å². The topological polar surface area (TPSA) is 51.8 Å². The lowest BCUT2D eigenvalue weighted by Crippen LogP contribution is -2.29. The maximum atomic E-state index is 6.29. The minimum Gasteiger partial charge on any atom is -0.322 e. The first-order chi connectivity index (χ1) is 7.66. The Morgan fingerprint density at radius 3 is 2.44 bits per heavy atom. The third-order valence-electron chi connectivity index (χ3n) is 3.65. The van der Waals surface area contributed by atoms with Crippen molar-refractivity contribution in [2.24, 2.45) is 23.5 Å². The minimum absolute atomic E-state index is 0.0545. The van der Waals surface area contributed by atoms with E-state index in [9.17, 15) is 0 Å². The molecule has 0 aliphatic heterocycles. The van der Waals surface area contributed by atoms with Crippen LogP contribution in [0.2, 0.25) is 0 Å². The van der Waals surface area contributed by atoms with Gasteiger partial charge >= 0.3 is 0 Å². The van der Waals surface area contributed by atoms with Gasteiger partial charge in [0.2, 0.25) is 0 Å². The van der Waals surface area contributed by atoms with Gasteiger partial charge < -0.3 is 5.73 Å². The van der Waals surface area contributed by atoms with Crippen molar-refractivity contribution in [1.29, 1.82) is 0 Å². The molecule has 3 atom stereocenters. The molecule has 0 aromatic carbocycles. The van der Waals surface area contributed by atoms with Crippen LogP contribution in [0.3, 0.4) is 0 Å². The van der Waals surface area contributed by atoms with Crippen molar-refractivity contribution >= 4 is 0 Å². The summed E-state index contributed by atoms with van der Waals surface area (Å²) in [6, 6.07) is 0.0545. The average molecular weight is 219 g/mol. The van der Waals surface area contributed by atoms with Gasteiger partial charge in [0.15, 0.2) is 0 Å². The molecule has 16 heavy (non-hydrogen) atoms. The van der Waals surface area contributed by atoms with Crippen LogP contribution in [-0.2, 0) is 0 Å². The molecule has 0 amide bonds. The van der Waals surface area contributed by atoms with Crippen molar-refractivity contribution in [3.63, 3.8) is 0 Å². The second-order valence-corrected chi connectivity index (χ2v) is 5.33. The van der Waals surface area contributed by atoms with Gasteiger partial charge in [0, 0.05) is 18.6 Å². The Morgan fingerprint density at radius 1 is 1.19 bits per heavy atom. The van der Waals surface area contributed by atoms with E-state index >= 15 is 0 Å². The molecule has 1 saturated carbocycles. The summed E-state index contributed by atoms with van der Waals surface area (Å²) in [5.41, 5.74) is 7.23. The molecule has 1 aromatic heterocycles. The van der Waals surface area contributed by atoms with Gasteiger partial charge in [0.1, 0.15) is 0 Å². The number of hydrogen-bond donors (Lipinski definition) is 1. The largest absolute Gasteiger partial charge is 0.322 e. The summed E-state index contributed by atoms with van der Waals surface area (Å²) in [6.07, 6.45) is 9.01. The van der Waals surface area contributed by atoms with E-state index < -0.39 is 0 Å². The van der Waals surface area contributed by atoms with E-state index in [1.165, 1.54) is 19.3 Å². The molecule has 1 aliphatic carbocycles. The highest BCUT2D eigenvalue weighted by atomic mass is 14.8. The van der Waals surface area contributed by atoms with Crippen molar-refractivity contribution in [2.45, 2.75) is 39.2 Å². The van der Waals surface area contributed by atoms with Crippen LogP contribution in [-0.4, -0.2) is 9.97 Å². The smallest absolute Gasteiger partial charge is 0.0756 e. The van der Waals surface area contributed by atoms with Crippen molar-refractivity contribution < 1.29 is 0 Å². The second kappa shape index (κ2) is 4.91. The first kappa shape index (κ1) is 11.5. The lowest BCUT2D eigenvalue weighted by molar-refractivity contribution is 0.191. The fourth-order valence-corrected chi connectivity index (χ4v) is 3.03. The van der Waals surface area contributed by atoms with Crippen LogP contribution >= 0.6 is 0 Å². The molecule has 3 unspecified atom stereocenters. The number of nitrogens with zero attached hydrogens (tertiary/aromatic N) is 2. The van der Waals surface area contributed by atoms with Gasteiger partial charge in [-0.1, -0.05) is 13.8 Å². The molecule has 3 heteroatoms. The quantitative estimate of drug-likeness (QED) is 0.831. The Hall–Kier alpha value is -0.960. The molecule has 0 saturated heterocycles. The molecule has 1 aromatic rings. The Bertz CT molecular complexity index is 315. The number of aromatic nitrogens is 2. The molecule has 2 rings (SSSR count). The third-order valence-corrected chi connectivity index (χ3v) is 3.65. The van der Waals surface area contributed by atoms with E-state index in [-0.39, 0.29) is 6.04 Å². The molecule has 1 fully saturated rings. The number of hydrogen-bond acceptors (Lipinski definition) is 3. The lowest BCUT2D eigenvalue weighted by atomic mass is 9.73. The van der Waals surface area contributed by atoms with E-state index in [2.05, 4.69) is 23.8 Å². The van der Waals surface area contributed by atoms with E-state index in [0.29, 0.717) is 5.92 Å². The maximum absolute atomic E-state index is 6.29. The van der Waals surface area contributed by atoms with E-state index in [1.807, 2.05) is 0 Å². The Labute approximate surface area is 97.5 Å². The van der Waals surface area contributed by atoms with E-state index in [0.717, 1.165) is 17.5 Å². The highest BCUT2D eigenvalue weighted by Crippen LogP contribution is 2.38. The third kappa shape index (κ3) is 2.59. The Kier molecular flexibility index (Phi) is 3.54. The highest BCUT2D eigenvalue weighted by Gasteiger charge is 2.29. The van der Waals surface area contributed by atoms with Gasteiger partial charge in [0.05, 0.1) is 11.7 Å². The molecule has 0 bridgehead atoms. The van der Waals surface area contributed by atoms with Gasteiger partial charge in [-0.05, 0) is 37.0 Å². The van der Waals surface area contributed by atoms with Gasteiger partial charge in [-0.2, -0.15) is 0 Å². The zero-order chi connectivity index (χ0) is 11.5. The first-order valence-corrected chi connectivity index (χ1v) is 6.18. The van der Waals surface area contributed by atoms with Crippen LogP contribution in [0.15, 0.2) is 18.6 Å². The summed E-state index contributed by atoms with van der Waals surface area (Å²) >= 11 is 0. The standard InChI is InChI=1S/C13H21N3/c1-9-5-10(2)7-11(6-9)13(14)12-8-15-3-4-16-12/h3-4,8-11,13H,5-7,14H2,1-2H3. The molecule has 1 heterocycles. The van der Waals surface area contributed by atoms with Crippen LogP contribution < -0.4 is 5.73 Å². The zero-order valence-electron chi connectivity index (χ0n) is 10.1. The van der Waals surface area contributed by atoms with Gasteiger partial charge in [-0.25, -0.2) is 0 Å². The fourth-order valence-electron chi connectivity index (χ4n) is 3.03. The Morgan fingerprint density at radius 2 is 1.88 bits per heavy atom. The number of rotatable bonds is 2. The SMILES string of the molecule is CC1CC(C)CC(C(N)c2cnccn2)C1. The van der Waals surface area contributed by atoms with E-state index in [1.54, 1.807) is 18.6 Å². The lowest BCUT2D eigenvalue weighted by Gasteiger charge is -2.34. The first-order valence-electron chi connectivity index (χ1n) is 6.18. The van der Waals surface area contributed by atoms with Crippen molar-refractivity contribution in [1.82, 2.24) is 9.97 Å². The molecular weight excluding hydrogens is 198 g/mol. The molecule has 2 N–H and O–H groups in total. The van der Waals surface area contributed by atoms with Crippen LogP contribution in [0.1, 0.15) is 44.8 Å². The summed E-state index contributed by atoms with van der Waals surface area (Å²) in [5, 5.41) is 0. The van der Waals surface area contributed by atoms with Crippen LogP contribution in [0.4, 0.5) is 0 Å². The fraction of sp³-hybridized carbons (Fsp3) is 0.692. The average Bonchev–Trinajstić information content (AvgIpc) is 2.28. The van der Waals surface area contributed by atoms with Gasteiger partial charge in [0.25, 0.3) is 0 Å². The summed E-state index contributed by atoms with van der Waals surface area (Å²) in [7, 11) is 0. The second-order valence-electron chi connectivity index (χ2n) is 5.33. The summed E-state index contributed by atoms with van der Waals surface area (Å²) in [4.78, 5) is 8.41. The number of nitrogens with two attached hydrogens (primary N) is 1. The molecular formula is C13H21N3. The zero-order valence-corrected chi connectivity index (χ0v) is 10.1. The monoisotopic (exact) mass is 219 g/mol. The van der Waals surface area contributed by atoms with Crippen LogP contribution in [0.5, 0.6) is 0 Å². The van der Waals surface area contributed by atoms with Crippen molar-refractivity contribution in [3.05, 3.63) is 24.3 Å². The summed E-state index contributed by atoms with van der Waals surface area (Å²) in [5.74, 6) is 2.14. The molecule has 0 spiro atoms. The molecule has 0 radical (unpaired) electrons. The highest BCUT2D eigenvalue weighted by molar-refractivity contribution is 5.04. The van der Waals surface area contributed by atoms with Crippen LogP contribution in [0, 0.1) is 17.8 Å². The van der Waals surface area contributed by atoms with E-state index in [4.69, 9.17) is 5.73 Å². The summed E-state index contributed by atoms with van der Waals surface area (Å²) in [6.45, 7) is 4.65. The maximum Gasteiger partial charge on any atom is 0.0756 e. The summed E-state index contributed by atoms with van der Waals surface area (Å²) < 4.78 is 0. The Balaban J connectivity index is 2.07. The molecule has 88 valence electrons. The normalized spacial score (nSPS) is 32.3. The van der Waals surface area contributed by atoms with Crippen LogP contribution in [0.25, 0.3) is 0 Å². The molecule has 3 nitrogen and oxygen atoms in total. The molecule has 1 aliphatic rings. The minimum atomic E-state index is 0.0545.